The monoisotopic (exact) mass is 394 g/mol. The molecule has 1 saturated heterocycles. The molecule has 0 bridgehead atoms. The molecule has 0 aromatic rings. The number of unbranched alkanes of at least 4 members (excludes halogenated alkanes) is 9. The lowest BCUT2D eigenvalue weighted by atomic mass is 9.98. The second kappa shape index (κ2) is 13.0. The first-order valence-corrected chi connectivity index (χ1v) is 10.3. The van der Waals surface area contributed by atoms with Crippen molar-refractivity contribution in [2.24, 2.45) is 0 Å². The first-order chi connectivity index (χ1) is 12.8. The summed E-state index contributed by atoms with van der Waals surface area (Å²) in [6.07, 6.45) is 5.80. The Hall–Kier alpha value is -1.27. The number of carbonyl (C=O) groups excluding carboxylic acids is 2. The molecule has 1 rings (SSSR count). The number of carbonyl (C=O) groups is 2. The van der Waals surface area contributed by atoms with E-state index < -0.39 is 30.3 Å². The molecule has 2 atom stereocenters. The van der Waals surface area contributed by atoms with Crippen LogP contribution in [0.2, 0.25) is 0 Å². The highest BCUT2D eigenvalue weighted by Crippen LogP contribution is 2.26. The van der Waals surface area contributed by atoms with Gasteiger partial charge in [0.2, 0.25) is 0 Å². The molecule has 1 heterocycles. The third-order valence-corrected chi connectivity index (χ3v) is 4.90. The molecule has 0 spiro atoms. The summed E-state index contributed by atoms with van der Waals surface area (Å²) in [4.78, 5) is 22.6. The summed E-state index contributed by atoms with van der Waals surface area (Å²) in [5, 5.41) is 0. The fourth-order valence-electron chi connectivity index (χ4n) is 3.35. The van der Waals surface area contributed by atoms with Crippen LogP contribution in [0, 0.1) is 0 Å². The van der Waals surface area contributed by atoms with Gasteiger partial charge in [0.05, 0.1) is 0 Å². The van der Waals surface area contributed by atoms with Crippen molar-refractivity contribution >= 4 is 11.9 Å². The Balaban J connectivity index is 2.30. The maximum atomic E-state index is 12.5. The predicted octanol–water partition coefficient (Wildman–Crippen LogP) is 5.87. The van der Waals surface area contributed by atoms with Gasteiger partial charge < -0.3 is 9.47 Å². The minimum absolute atomic E-state index is 0.259. The summed E-state index contributed by atoms with van der Waals surface area (Å²) in [5.74, 6) is -2.65. The smallest absolute Gasteiger partial charge is 0.458 e. The zero-order valence-corrected chi connectivity index (χ0v) is 16.3. The Kier molecular flexibility index (Phi) is 11.4. The van der Waals surface area contributed by atoms with Gasteiger partial charge >= 0.3 is 18.1 Å². The van der Waals surface area contributed by atoms with Gasteiger partial charge in [-0.3, -0.25) is 4.79 Å². The van der Waals surface area contributed by atoms with Crippen molar-refractivity contribution in [1.82, 2.24) is 0 Å². The van der Waals surface area contributed by atoms with E-state index in [0.717, 1.165) is 19.3 Å². The average Bonchev–Trinajstić information content (AvgIpc) is 2.61. The van der Waals surface area contributed by atoms with E-state index in [2.05, 4.69) is 11.7 Å². The summed E-state index contributed by atoms with van der Waals surface area (Å²) < 4.78 is 47.3. The number of alkyl halides is 3. The number of cyclic esters (lactones) is 1. The van der Waals surface area contributed by atoms with Crippen molar-refractivity contribution in [1.29, 1.82) is 0 Å². The van der Waals surface area contributed by atoms with E-state index in [0.29, 0.717) is 19.3 Å². The van der Waals surface area contributed by atoms with E-state index in [-0.39, 0.29) is 12.8 Å². The largest absolute Gasteiger partial charge is 0.490 e. The zero-order chi connectivity index (χ0) is 20.1. The average molecular weight is 394 g/mol. The Bertz CT molecular complexity index is 437. The molecule has 0 aromatic carbocycles. The van der Waals surface area contributed by atoms with Crippen LogP contribution < -0.4 is 0 Å². The topological polar surface area (TPSA) is 52.6 Å². The van der Waals surface area contributed by atoms with Crippen molar-refractivity contribution in [2.45, 2.75) is 115 Å². The lowest BCUT2D eigenvalue weighted by Crippen LogP contribution is -2.40. The van der Waals surface area contributed by atoms with Crippen LogP contribution in [0.4, 0.5) is 13.2 Å². The molecule has 4 nitrogen and oxygen atoms in total. The highest BCUT2D eigenvalue weighted by Gasteiger charge is 2.44. The number of hydrogen-bond donors (Lipinski definition) is 0. The molecule has 158 valence electrons. The van der Waals surface area contributed by atoms with E-state index in [1.807, 2.05) is 0 Å². The molecular formula is C20H33F3O4. The summed E-state index contributed by atoms with van der Waals surface area (Å²) >= 11 is 0. The van der Waals surface area contributed by atoms with Crippen LogP contribution in [-0.4, -0.2) is 30.3 Å². The lowest BCUT2D eigenvalue weighted by molar-refractivity contribution is -0.212. The van der Waals surface area contributed by atoms with Crippen LogP contribution >= 0.6 is 0 Å². The van der Waals surface area contributed by atoms with Crippen LogP contribution in [0.15, 0.2) is 0 Å². The summed E-state index contributed by atoms with van der Waals surface area (Å²) in [6, 6.07) is 0. The Morgan fingerprint density at radius 3 is 2.15 bits per heavy atom. The van der Waals surface area contributed by atoms with Crippen molar-refractivity contribution in [3.05, 3.63) is 0 Å². The van der Waals surface area contributed by atoms with Gasteiger partial charge in [-0.15, -0.1) is 0 Å². The molecule has 1 fully saturated rings. The molecule has 0 saturated carbocycles. The van der Waals surface area contributed by atoms with E-state index in [1.165, 1.54) is 38.5 Å². The fraction of sp³-hybridized carbons (Fsp3) is 0.900. The summed E-state index contributed by atoms with van der Waals surface area (Å²) in [7, 11) is 0. The third kappa shape index (κ3) is 10.6. The predicted molar refractivity (Wildman–Crippen MR) is 96.1 cm³/mol. The minimum atomic E-state index is -5.03. The number of ether oxygens (including phenoxy) is 2. The fourth-order valence-corrected chi connectivity index (χ4v) is 3.35. The number of esters is 2. The van der Waals surface area contributed by atoms with Crippen molar-refractivity contribution < 1.29 is 32.2 Å². The van der Waals surface area contributed by atoms with Crippen LogP contribution in [0.3, 0.4) is 0 Å². The van der Waals surface area contributed by atoms with E-state index in [1.54, 1.807) is 0 Å². The van der Waals surface area contributed by atoms with E-state index in [9.17, 15) is 22.8 Å². The highest BCUT2D eigenvalue weighted by molar-refractivity contribution is 5.76. The van der Waals surface area contributed by atoms with Gasteiger partial charge in [-0.25, -0.2) is 4.79 Å². The molecule has 1 aliphatic heterocycles. The number of halogens is 3. The van der Waals surface area contributed by atoms with Crippen LogP contribution in [0.5, 0.6) is 0 Å². The molecule has 7 heteroatoms. The van der Waals surface area contributed by atoms with E-state index >= 15 is 0 Å². The first-order valence-electron chi connectivity index (χ1n) is 10.3. The van der Waals surface area contributed by atoms with Crippen molar-refractivity contribution in [3.8, 4) is 0 Å². The minimum Gasteiger partial charge on any atom is -0.458 e. The highest BCUT2D eigenvalue weighted by atomic mass is 19.4. The molecule has 0 radical (unpaired) electrons. The Labute approximate surface area is 160 Å². The maximum absolute atomic E-state index is 12.5. The van der Waals surface area contributed by atoms with Gasteiger partial charge in [-0.05, 0) is 25.7 Å². The molecular weight excluding hydrogens is 361 g/mol. The Morgan fingerprint density at radius 2 is 1.63 bits per heavy atom. The van der Waals surface area contributed by atoms with Crippen LogP contribution in [0.1, 0.15) is 96.8 Å². The summed E-state index contributed by atoms with van der Waals surface area (Å²) in [5.41, 5.74) is 0. The van der Waals surface area contributed by atoms with Gasteiger partial charge in [0, 0.05) is 6.42 Å². The molecule has 0 N–H and O–H groups in total. The second-order valence-corrected chi connectivity index (χ2v) is 7.33. The number of rotatable bonds is 13. The Morgan fingerprint density at radius 1 is 1.07 bits per heavy atom. The molecule has 0 aliphatic carbocycles. The molecule has 27 heavy (non-hydrogen) atoms. The van der Waals surface area contributed by atoms with Gasteiger partial charge in [0.15, 0.2) is 0 Å². The third-order valence-electron chi connectivity index (χ3n) is 4.90. The molecule has 1 aliphatic rings. The quantitative estimate of drug-likeness (QED) is 0.290. The maximum Gasteiger partial charge on any atom is 0.490 e. The van der Waals surface area contributed by atoms with E-state index in [4.69, 9.17) is 4.74 Å². The zero-order valence-electron chi connectivity index (χ0n) is 16.3. The van der Waals surface area contributed by atoms with Gasteiger partial charge in [-0.1, -0.05) is 64.7 Å². The number of hydrogen-bond acceptors (Lipinski definition) is 4. The van der Waals surface area contributed by atoms with Crippen LogP contribution in [-0.2, 0) is 19.1 Å². The SMILES string of the molecule is CCCCCCCCCCCC[C@H](OC(=O)C(F)(F)F)[C@H]1CCCC(=O)O1. The first kappa shape index (κ1) is 23.8. The summed E-state index contributed by atoms with van der Waals surface area (Å²) in [6.45, 7) is 2.19. The van der Waals surface area contributed by atoms with Crippen molar-refractivity contribution in [2.75, 3.05) is 0 Å². The molecule has 0 aromatic heterocycles. The standard InChI is InChI=1S/C20H33F3O4/c1-2-3-4-5-6-7-8-9-10-11-13-17(27-19(25)20(21,22)23)16-14-12-15-18(24)26-16/h16-17H,2-15H2,1H3/t16-,17+/m1/s1. The second-order valence-electron chi connectivity index (χ2n) is 7.33. The van der Waals surface area contributed by atoms with Crippen molar-refractivity contribution in [3.63, 3.8) is 0 Å². The normalized spacial score (nSPS) is 18.8. The van der Waals surface area contributed by atoms with Gasteiger partial charge in [0.1, 0.15) is 12.2 Å². The molecule has 0 unspecified atom stereocenters. The molecule has 0 amide bonds. The van der Waals surface area contributed by atoms with Crippen LogP contribution in [0.25, 0.3) is 0 Å². The van der Waals surface area contributed by atoms with Gasteiger partial charge in [-0.2, -0.15) is 13.2 Å². The van der Waals surface area contributed by atoms with Gasteiger partial charge in [0.25, 0.3) is 0 Å². The lowest BCUT2D eigenvalue weighted by Gasteiger charge is -2.30.